The Morgan fingerprint density at radius 2 is 2.25 bits per heavy atom. The number of halogens is 1. The van der Waals surface area contributed by atoms with Gasteiger partial charge in [-0.25, -0.2) is 0 Å². The van der Waals surface area contributed by atoms with E-state index in [9.17, 15) is 9.90 Å². The molecule has 1 aromatic heterocycles. The van der Waals surface area contributed by atoms with E-state index in [1.165, 1.54) is 16.2 Å². The molecule has 0 aromatic carbocycles. The van der Waals surface area contributed by atoms with Crippen LogP contribution >= 0.6 is 27.3 Å². The predicted molar refractivity (Wildman–Crippen MR) is 51.7 cm³/mol. The number of carbonyl (C=O) groups is 1. The zero-order valence-electron chi connectivity index (χ0n) is 6.67. The van der Waals surface area contributed by atoms with Crippen LogP contribution in [0.5, 0.6) is 5.75 Å². The molecular formula is C7H8BrNO2S. The SMILES string of the molecule is CN(C)C(=O)c1scc(Br)c1O. The Morgan fingerprint density at radius 1 is 1.67 bits per heavy atom. The maximum atomic E-state index is 11.3. The average Bonchev–Trinajstić information content (AvgIpc) is 2.32. The molecule has 0 saturated carbocycles. The molecule has 1 heterocycles. The van der Waals surface area contributed by atoms with Gasteiger partial charge < -0.3 is 10.0 Å². The van der Waals surface area contributed by atoms with Crippen molar-refractivity contribution in [2.45, 2.75) is 0 Å². The van der Waals surface area contributed by atoms with Gasteiger partial charge in [-0.3, -0.25) is 4.79 Å². The second-order valence-electron chi connectivity index (χ2n) is 2.46. The highest BCUT2D eigenvalue weighted by Crippen LogP contribution is 2.34. The monoisotopic (exact) mass is 249 g/mol. The molecule has 0 saturated heterocycles. The van der Waals surface area contributed by atoms with E-state index in [1.807, 2.05) is 0 Å². The predicted octanol–water partition coefficient (Wildman–Crippen LogP) is 1.92. The molecule has 66 valence electrons. The van der Waals surface area contributed by atoms with Gasteiger partial charge in [0.25, 0.3) is 5.91 Å². The first-order valence-corrected chi connectivity index (χ1v) is 4.89. The summed E-state index contributed by atoms with van der Waals surface area (Å²) in [6, 6.07) is 0. The van der Waals surface area contributed by atoms with Crippen LogP contribution in [0.15, 0.2) is 9.85 Å². The lowest BCUT2D eigenvalue weighted by Crippen LogP contribution is -2.20. The Bertz CT molecular complexity index is 308. The van der Waals surface area contributed by atoms with Gasteiger partial charge in [0.2, 0.25) is 0 Å². The minimum atomic E-state index is -0.178. The Labute approximate surface area is 82.7 Å². The fraction of sp³-hybridized carbons (Fsp3) is 0.286. The molecule has 0 aliphatic rings. The van der Waals surface area contributed by atoms with Crippen LogP contribution in [0.2, 0.25) is 0 Å². The molecule has 0 radical (unpaired) electrons. The fourth-order valence-corrected chi connectivity index (χ4v) is 2.13. The summed E-state index contributed by atoms with van der Waals surface area (Å²) in [6.07, 6.45) is 0. The zero-order valence-corrected chi connectivity index (χ0v) is 9.07. The molecule has 12 heavy (non-hydrogen) atoms. The van der Waals surface area contributed by atoms with Gasteiger partial charge in [0.05, 0.1) is 4.47 Å². The van der Waals surface area contributed by atoms with Crippen molar-refractivity contribution in [2.75, 3.05) is 14.1 Å². The highest BCUT2D eigenvalue weighted by molar-refractivity contribution is 9.10. The second-order valence-corrected chi connectivity index (χ2v) is 4.19. The Kier molecular flexibility index (Phi) is 2.74. The number of hydrogen-bond donors (Lipinski definition) is 1. The molecule has 5 heteroatoms. The first kappa shape index (κ1) is 9.54. The fourth-order valence-electron chi connectivity index (χ4n) is 0.686. The summed E-state index contributed by atoms with van der Waals surface area (Å²) < 4.78 is 0.567. The molecule has 0 atom stereocenters. The number of thiophene rings is 1. The molecule has 3 nitrogen and oxygen atoms in total. The van der Waals surface area contributed by atoms with Crippen LogP contribution in [0.1, 0.15) is 9.67 Å². The summed E-state index contributed by atoms with van der Waals surface area (Å²) in [5.74, 6) is -0.151. The summed E-state index contributed by atoms with van der Waals surface area (Å²) in [5, 5.41) is 11.1. The molecule has 0 unspecified atom stereocenters. The van der Waals surface area contributed by atoms with Crippen molar-refractivity contribution in [1.29, 1.82) is 0 Å². The van der Waals surface area contributed by atoms with E-state index in [1.54, 1.807) is 19.5 Å². The van der Waals surface area contributed by atoms with Gasteiger partial charge in [0.1, 0.15) is 4.88 Å². The highest BCUT2D eigenvalue weighted by Gasteiger charge is 2.17. The van der Waals surface area contributed by atoms with Gasteiger partial charge in [-0.1, -0.05) is 0 Å². The number of hydrogen-bond acceptors (Lipinski definition) is 3. The molecule has 0 aliphatic heterocycles. The molecule has 0 fully saturated rings. The van der Waals surface area contributed by atoms with Crippen molar-refractivity contribution in [3.05, 3.63) is 14.7 Å². The van der Waals surface area contributed by atoms with Crippen molar-refractivity contribution in [3.63, 3.8) is 0 Å². The summed E-state index contributed by atoms with van der Waals surface area (Å²) >= 11 is 4.35. The van der Waals surface area contributed by atoms with Crippen molar-refractivity contribution >= 4 is 33.2 Å². The molecule has 1 aromatic rings. The maximum absolute atomic E-state index is 11.3. The molecule has 0 spiro atoms. The number of nitrogens with zero attached hydrogens (tertiary/aromatic N) is 1. The van der Waals surface area contributed by atoms with Crippen LogP contribution in [0, 0.1) is 0 Å². The molecule has 0 aliphatic carbocycles. The third-order valence-electron chi connectivity index (χ3n) is 1.32. The van der Waals surface area contributed by atoms with Gasteiger partial charge >= 0.3 is 0 Å². The first-order valence-electron chi connectivity index (χ1n) is 3.21. The maximum Gasteiger partial charge on any atom is 0.267 e. The molecule has 1 N–H and O–H groups in total. The smallest absolute Gasteiger partial charge is 0.267 e. The van der Waals surface area contributed by atoms with E-state index in [-0.39, 0.29) is 11.7 Å². The first-order chi connectivity index (χ1) is 5.54. The number of aromatic hydroxyl groups is 1. The third-order valence-corrected chi connectivity index (χ3v) is 3.19. The number of rotatable bonds is 1. The van der Waals surface area contributed by atoms with Crippen LogP contribution in [0.3, 0.4) is 0 Å². The summed E-state index contributed by atoms with van der Waals surface area (Å²) in [5.41, 5.74) is 0. The Morgan fingerprint density at radius 3 is 2.58 bits per heavy atom. The van der Waals surface area contributed by atoms with Gasteiger partial charge in [-0.05, 0) is 15.9 Å². The highest BCUT2D eigenvalue weighted by atomic mass is 79.9. The number of carbonyl (C=O) groups excluding carboxylic acids is 1. The van der Waals surface area contributed by atoms with E-state index >= 15 is 0 Å². The molecule has 0 bridgehead atoms. The summed E-state index contributed by atoms with van der Waals surface area (Å²) in [6.45, 7) is 0. The quantitative estimate of drug-likeness (QED) is 0.827. The standard InChI is InChI=1S/C7H8BrNO2S/c1-9(2)7(11)6-5(10)4(8)3-12-6/h3,10H,1-2H3. The van der Waals surface area contributed by atoms with E-state index in [4.69, 9.17) is 0 Å². The Hall–Kier alpha value is -0.550. The molecular weight excluding hydrogens is 242 g/mol. The molecule has 1 amide bonds. The van der Waals surface area contributed by atoms with Crippen molar-refractivity contribution in [1.82, 2.24) is 4.90 Å². The second kappa shape index (κ2) is 3.45. The van der Waals surface area contributed by atoms with Gasteiger partial charge in [0, 0.05) is 19.5 Å². The third kappa shape index (κ3) is 1.61. The van der Waals surface area contributed by atoms with Crippen LogP contribution < -0.4 is 0 Å². The van der Waals surface area contributed by atoms with Crippen LogP contribution in [0.4, 0.5) is 0 Å². The Balaban J connectivity index is 3.04. The van der Waals surface area contributed by atoms with Gasteiger partial charge in [-0.2, -0.15) is 0 Å². The minimum Gasteiger partial charge on any atom is -0.505 e. The van der Waals surface area contributed by atoms with Gasteiger partial charge in [-0.15, -0.1) is 11.3 Å². The van der Waals surface area contributed by atoms with Crippen LogP contribution in [0.25, 0.3) is 0 Å². The lowest BCUT2D eigenvalue weighted by Gasteiger charge is -2.07. The summed E-state index contributed by atoms with van der Waals surface area (Å²) in [4.78, 5) is 13.1. The lowest BCUT2D eigenvalue weighted by molar-refractivity contribution is 0.0829. The minimum absolute atomic E-state index is 0.0266. The van der Waals surface area contributed by atoms with Gasteiger partial charge in [0.15, 0.2) is 5.75 Å². The van der Waals surface area contributed by atoms with Crippen molar-refractivity contribution < 1.29 is 9.90 Å². The van der Waals surface area contributed by atoms with E-state index in [0.29, 0.717) is 9.35 Å². The van der Waals surface area contributed by atoms with E-state index in [2.05, 4.69) is 15.9 Å². The van der Waals surface area contributed by atoms with Crippen molar-refractivity contribution in [2.24, 2.45) is 0 Å². The van der Waals surface area contributed by atoms with E-state index in [0.717, 1.165) is 0 Å². The normalized spacial score (nSPS) is 9.92. The average molecular weight is 250 g/mol. The van der Waals surface area contributed by atoms with Crippen LogP contribution in [-0.2, 0) is 0 Å². The topological polar surface area (TPSA) is 40.5 Å². The van der Waals surface area contributed by atoms with Crippen molar-refractivity contribution in [3.8, 4) is 5.75 Å². The molecule has 1 rings (SSSR count). The number of amides is 1. The zero-order chi connectivity index (χ0) is 9.30. The lowest BCUT2D eigenvalue weighted by atomic mass is 10.4. The van der Waals surface area contributed by atoms with Crippen LogP contribution in [-0.4, -0.2) is 30.0 Å². The van der Waals surface area contributed by atoms with E-state index < -0.39 is 0 Å². The largest absolute Gasteiger partial charge is 0.505 e. The summed E-state index contributed by atoms with van der Waals surface area (Å²) in [7, 11) is 3.30.